The third kappa shape index (κ3) is 4.61. The van der Waals surface area contributed by atoms with Crippen LogP contribution in [0.3, 0.4) is 0 Å². The summed E-state index contributed by atoms with van der Waals surface area (Å²) in [6, 6.07) is 1.11. The van der Waals surface area contributed by atoms with E-state index in [0.717, 1.165) is 6.07 Å². The second kappa shape index (κ2) is 7.40. The van der Waals surface area contributed by atoms with Gasteiger partial charge in [-0.25, -0.2) is 9.78 Å². The van der Waals surface area contributed by atoms with Crippen molar-refractivity contribution in [3.05, 3.63) is 27.9 Å². The summed E-state index contributed by atoms with van der Waals surface area (Å²) in [5.41, 5.74) is -1.28. The lowest BCUT2D eigenvalue weighted by Crippen LogP contribution is -2.30. The lowest BCUT2D eigenvalue weighted by atomic mass is 10.1. The van der Waals surface area contributed by atoms with Gasteiger partial charge in [-0.2, -0.15) is 0 Å². The number of hydrogen-bond acceptors (Lipinski definition) is 5. The van der Waals surface area contributed by atoms with E-state index in [2.05, 4.69) is 9.97 Å². The maximum Gasteiger partial charge on any atom is 0.357 e. The fourth-order valence-electron chi connectivity index (χ4n) is 1.50. The average Bonchev–Trinajstić information content (AvgIpc) is 2.38. The molecule has 1 aromatic heterocycles. The van der Waals surface area contributed by atoms with E-state index in [1.54, 1.807) is 20.8 Å². The van der Waals surface area contributed by atoms with Crippen molar-refractivity contribution in [2.24, 2.45) is 0 Å². The highest BCUT2D eigenvalue weighted by atomic mass is 35.5. The van der Waals surface area contributed by atoms with Gasteiger partial charge in [-0.1, -0.05) is 0 Å². The molecule has 0 spiro atoms. The molecule has 0 aromatic carbocycles. The number of H-pyrrole nitrogens is 1. The van der Waals surface area contributed by atoms with Crippen molar-refractivity contribution in [2.75, 3.05) is 19.1 Å². The summed E-state index contributed by atoms with van der Waals surface area (Å²) in [4.78, 5) is 30.0. The van der Waals surface area contributed by atoms with Gasteiger partial charge in [-0.15, -0.1) is 11.6 Å². The molecule has 0 radical (unpaired) electrons. The van der Waals surface area contributed by atoms with Gasteiger partial charge in [0.25, 0.3) is 5.56 Å². The first kappa shape index (κ1) is 16.7. The SMILES string of the molecule is CCOC(=O)c1cc(=O)[nH]c(C(C)(C)OCCCCl)n1. The normalized spacial score (nSPS) is 11.4. The number of carbonyl (C=O) groups excluding carboxylic acids is 1. The van der Waals surface area contributed by atoms with Crippen LogP contribution >= 0.6 is 11.6 Å². The minimum absolute atomic E-state index is 0.0281. The summed E-state index contributed by atoms with van der Waals surface area (Å²) in [5.74, 6) is 0.141. The summed E-state index contributed by atoms with van der Waals surface area (Å²) < 4.78 is 10.5. The molecular formula is C13H19ClN2O4. The van der Waals surface area contributed by atoms with Crippen LogP contribution < -0.4 is 5.56 Å². The van der Waals surface area contributed by atoms with Gasteiger partial charge in [0, 0.05) is 18.6 Å². The van der Waals surface area contributed by atoms with Crippen LogP contribution in [0.5, 0.6) is 0 Å². The second-order valence-corrected chi connectivity index (χ2v) is 4.98. The Morgan fingerprint density at radius 1 is 1.50 bits per heavy atom. The third-order valence-electron chi connectivity index (χ3n) is 2.54. The van der Waals surface area contributed by atoms with E-state index in [4.69, 9.17) is 21.1 Å². The van der Waals surface area contributed by atoms with E-state index in [1.165, 1.54) is 0 Å². The molecule has 0 saturated carbocycles. The monoisotopic (exact) mass is 302 g/mol. The van der Waals surface area contributed by atoms with Crippen molar-refractivity contribution in [1.82, 2.24) is 9.97 Å². The van der Waals surface area contributed by atoms with E-state index < -0.39 is 17.1 Å². The van der Waals surface area contributed by atoms with Crippen LogP contribution in [-0.2, 0) is 15.1 Å². The van der Waals surface area contributed by atoms with Crippen molar-refractivity contribution in [3.63, 3.8) is 0 Å². The molecule has 1 rings (SSSR count). The predicted octanol–water partition coefficient (Wildman–Crippen LogP) is 1.83. The number of carbonyl (C=O) groups is 1. The van der Waals surface area contributed by atoms with Gasteiger partial charge in [0.15, 0.2) is 5.69 Å². The number of nitrogens with one attached hydrogen (secondary N) is 1. The number of halogens is 1. The number of rotatable bonds is 7. The van der Waals surface area contributed by atoms with Crippen LogP contribution in [0.4, 0.5) is 0 Å². The fraction of sp³-hybridized carbons (Fsp3) is 0.615. The Labute approximate surface area is 122 Å². The number of nitrogens with zero attached hydrogens (tertiary/aromatic N) is 1. The molecule has 0 atom stereocenters. The number of hydrogen-bond donors (Lipinski definition) is 1. The maximum absolute atomic E-state index is 11.6. The zero-order valence-electron chi connectivity index (χ0n) is 11.9. The molecule has 0 aliphatic rings. The Kier molecular flexibility index (Phi) is 6.16. The van der Waals surface area contributed by atoms with Gasteiger partial charge in [0.05, 0.1) is 6.61 Å². The Morgan fingerprint density at radius 3 is 2.80 bits per heavy atom. The van der Waals surface area contributed by atoms with Gasteiger partial charge < -0.3 is 14.5 Å². The van der Waals surface area contributed by atoms with Crippen molar-refractivity contribution in [1.29, 1.82) is 0 Å². The fourth-order valence-corrected chi connectivity index (χ4v) is 1.61. The number of ether oxygens (including phenoxy) is 2. The maximum atomic E-state index is 11.6. The molecule has 1 aromatic rings. The Bertz CT molecular complexity index is 513. The van der Waals surface area contributed by atoms with E-state index in [1.807, 2.05) is 0 Å². The lowest BCUT2D eigenvalue weighted by Gasteiger charge is -2.24. The van der Waals surface area contributed by atoms with Crippen LogP contribution in [-0.4, -0.2) is 35.0 Å². The van der Waals surface area contributed by atoms with Crippen molar-refractivity contribution >= 4 is 17.6 Å². The minimum Gasteiger partial charge on any atom is -0.461 e. The summed E-state index contributed by atoms with van der Waals surface area (Å²) in [5, 5.41) is 0. The number of esters is 1. The van der Waals surface area contributed by atoms with Crippen LogP contribution in [0.1, 0.15) is 43.5 Å². The van der Waals surface area contributed by atoms with Crippen LogP contribution in [0.2, 0.25) is 0 Å². The third-order valence-corrected chi connectivity index (χ3v) is 2.80. The molecule has 7 heteroatoms. The van der Waals surface area contributed by atoms with Gasteiger partial charge in [-0.3, -0.25) is 4.79 Å². The molecule has 112 valence electrons. The molecule has 0 aliphatic carbocycles. The lowest BCUT2D eigenvalue weighted by molar-refractivity contribution is -0.0278. The molecule has 20 heavy (non-hydrogen) atoms. The van der Waals surface area contributed by atoms with Crippen molar-refractivity contribution < 1.29 is 14.3 Å². The van der Waals surface area contributed by atoms with Crippen LogP contribution in [0.15, 0.2) is 10.9 Å². The molecular weight excluding hydrogens is 284 g/mol. The summed E-state index contributed by atoms with van der Waals surface area (Å²) in [6.45, 7) is 5.86. The van der Waals surface area contributed by atoms with Gasteiger partial charge in [-0.05, 0) is 27.2 Å². The Morgan fingerprint density at radius 2 is 2.20 bits per heavy atom. The van der Waals surface area contributed by atoms with Crippen LogP contribution in [0, 0.1) is 0 Å². The molecule has 0 aliphatic heterocycles. The highest BCUT2D eigenvalue weighted by Crippen LogP contribution is 2.20. The zero-order valence-corrected chi connectivity index (χ0v) is 12.6. The van der Waals surface area contributed by atoms with Crippen molar-refractivity contribution in [2.45, 2.75) is 32.8 Å². The molecule has 0 bridgehead atoms. The first-order valence-electron chi connectivity index (χ1n) is 6.39. The predicted molar refractivity (Wildman–Crippen MR) is 75.1 cm³/mol. The quantitative estimate of drug-likeness (QED) is 0.472. The number of alkyl halides is 1. The first-order valence-corrected chi connectivity index (χ1v) is 6.93. The molecule has 6 nitrogen and oxygen atoms in total. The number of aromatic nitrogens is 2. The second-order valence-electron chi connectivity index (χ2n) is 4.60. The molecule has 0 fully saturated rings. The summed E-state index contributed by atoms with van der Waals surface area (Å²) in [6.07, 6.45) is 0.687. The summed E-state index contributed by atoms with van der Waals surface area (Å²) in [7, 11) is 0. The highest BCUT2D eigenvalue weighted by molar-refractivity contribution is 6.17. The molecule has 0 unspecified atom stereocenters. The van der Waals surface area contributed by atoms with Crippen molar-refractivity contribution in [3.8, 4) is 0 Å². The van der Waals surface area contributed by atoms with E-state index in [-0.39, 0.29) is 18.1 Å². The smallest absolute Gasteiger partial charge is 0.357 e. The average molecular weight is 303 g/mol. The zero-order chi connectivity index (χ0) is 15.2. The number of aromatic amines is 1. The molecule has 0 saturated heterocycles. The molecule has 1 heterocycles. The van der Waals surface area contributed by atoms with E-state index >= 15 is 0 Å². The Balaban J connectivity index is 3.00. The minimum atomic E-state index is -0.826. The largest absolute Gasteiger partial charge is 0.461 e. The Hall–Kier alpha value is -1.40. The standard InChI is InChI=1S/C13H19ClN2O4/c1-4-19-11(18)9-8-10(17)16-12(15-9)13(2,3)20-7-5-6-14/h8H,4-7H2,1-3H3,(H,15,16,17). The van der Waals surface area contributed by atoms with E-state index in [0.29, 0.717) is 18.9 Å². The van der Waals surface area contributed by atoms with Crippen LogP contribution in [0.25, 0.3) is 0 Å². The molecule has 1 N–H and O–H groups in total. The molecule has 0 amide bonds. The first-order chi connectivity index (χ1) is 9.40. The summed E-state index contributed by atoms with van der Waals surface area (Å²) >= 11 is 5.59. The van der Waals surface area contributed by atoms with Gasteiger partial charge in [0.2, 0.25) is 0 Å². The highest BCUT2D eigenvalue weighted by Gasteiger charge is 2.26. The van der Waals surface area contributed by atoms with Gasteiger partial charge in [0.1, 0.15) is 11.4 Å². The van der Waals surface area contributed by atoms with E-state index in [9.17, 15) is 9.59 Å². The van der Waals surface area contributed by atoms with Gasteiger partial charge >= 0.3 is 5.97 Å². The topological polar surface area (TPSA) is 81.3 Å².